The first-order valence-corrected chi connectivity index (χ1v) is 13.9. The second-order valence-electron chi connectivity index (χ2n) is 11.8. The van der Waals surface area contributed by atoms with Gasteiger partial charge < -0.3 is 35.4 Å². The molecule has 0 aromatic heterocycles. The Morgan fingerprint density at radius 1 is 1.07 bits per heavy atom. The Morgan fingerprint density at radius 2 is 1.69 bits per heavy atom. The highest BCUT2D eigenvalue weighted by Crippen LogP contribution is 2.55. The number of hydrogen-bond acceptors (Lipinski definition) is 10. The molecular formula is C31H32F3N3O8. The van der Waals surface area contributed by atoms with Gasteiger partial charge in [-0.1, -0.05) is 12.1 Å². The van der Waals surface area contributed by atoms with Crippen molar-refractivity contribution < 1.29 is 52.7 Å². The van der Waals surface area contributed by atoms with Crippen LogP contribution in [0, 0.1) is 11.8 Å². The molecular weight excluding hydrogens is 599 g/mol. The van der Waals surface area contributed by atoms with Crippen LogP contribution in [0.25, 0.3) is 16.9 Å². The van der Waals surface area contributed by atoms with Crippen molar-refractivity contribution in [3.05, 3.63) is 58.4 Å². The fraction of sp³-hybridized carbons (Fsp3) is 0.387. The van der Waals surface area contributed by atoms with Crippen molar-refractivity contribution in [2.75, 3.05) is 40.1 Å². The summed E-state index contributed by atoms with van der Waals surface area (Å²) in [6, 6.07) is 5.15. The lowest BCUT2D eigenvalue weighted by Crippen LogP contribution is -2.65. The number of ketones is 2. The number of aromatic hydroxyl groups is 1. The molecule has 4 atom stereocenters. The molecule has 2 aromatic carbocycles. The number of benzene rings is 2. The number of aliphatic hydroxyl groups excluding tert-OH is 2. The first-order chi connectivity index (χ1) is 20.9. The number of aliphatic hydroxyl groups is 3. The monoisotopic (exact) mass is 631 g/mol. The molecule has 1 amide bonds. The number of likely N-dealkylation sites (N-methyl/N-ethyl adjacent to an activating group) is 2. The predicted molar refractivity (Wildman–Crippen MR) is 156 cm³/mol. The van der Waals surface area contributed by atoms with Crippen molar-refractivity contribution in [2.45, 2.75) is 30.8 Å². The molecule has 45 heavy (non-hydrogen) atoms. The minimum Gasteiger partial charge on any atom is -0.508 e. The number of carbonyl (C=O) groups excluding carboxylic acids is 3. The van der Waals surface area contributed by atoms with Gasteiger partial charge in [0.05, 0.1) is 11.6 Å². The van der Waals surface area contributed by atoms with Crippen molar-refractivity contribution in [1.29, 1.82) is 0 Å². The Bertz CT molecular complexity index is 1680. The highest BCUT2D eigenvalue weighted by atomic mass is 19.4. The van der Waals surface area contributed by atoms with E-state index >= 15 is 0 Å². The number of hydrogen-bond donors (Lipinski definition) is 5. The van der Waals surface area contributed by atoms with Gasteiger partial charge in [0.15, 0.2) is 11.4 Å². The summed E-state index contributed by atoms with van der Waals surface area (Å²) in [6.07, 6.45) is -4.86. The number of phenolic OH excluding ortho intramolecular Hbond substituents is 1. The third-order valence-corrected chi connectivity index (χ3v) is 8.79. The molecule has 14 heteroatoms. The van der Waals surface area contributed by atoms with Gasteiger partial charge in [-0.3, -0.25) is 19.3 Å². The summed E-state index contributed by atoms with van der Waals surface area (Å²) >= 11 is 0. The first-order valence-electron chi connectivity index (χ1n) is 13.9. The van der Waals surface area contributed by atoms with Crippen LogP contribution < -0.4 is 15.0 Å². The number of phenols is 1. The molecule has 1 saturated carbocycles. The zero-order chi connectivity index (χ0) is 33.3. The summed E-state index contributed by atoms with van der Waals surface area (Å²) in [5, 5.41) is 48.5. The summed E-state index contributed by atoms with van der Waals surface area (Å²) in [4.78, 5) is 43.4. The number of amides is 1. The van der Waals surface area contributed by atoms with Crippen molar-refractivity contribution in [1.82, 2.24) is 10.2 Å². The number of ether oxygens (including phenoxy) is 1. The molecule has 3 aliphatic carbocycles. The van der Waals surface area contributed by atoms with E-state index in [4.69, 9.17) is 0 Å². The Morgan fingerprint density at radius 3 is 2.22 bits per heavy atom. The van der Waals surface area contributed by atoms with Crippen LogP contribution in [0.15, 0.2) is 47.2 Å². The minimum atomic E-state index is -4.90. The Hall–Kier alpha value is -4.56. The SMILES string of the molecule is CNC(=O)C1=C(O)C2(O)C(=O)C3=C(O)c4c(O)c(-c5ccc(OC(F)(F)F)cc5)cc(N(C)C)c4CC3CC2C(N(C)C)C1=O. The molecule has 0 aliphatic heterocycles. The Kier molecular flexibility index (Phi) is 7.65. The van der Waals surface area contributed by atoms with E-state index in [1.165, 1.54) is 24.1 Å². The Balaban J connectivity index is 1.71. The first kappa shape index (κ1) is 31.9. The van der Waals surface area contributed by atoms with Gasteiger partial charge in [-0.25, -0.2) is 0 Å². The maximum Gasteiger partial charge on any atom is 0.573 e. The van der Waals surface area contributed by atoms with Gasteiger partial charge in [-0.05, 0) is 62.2 Å². The second kappa shape index (κ2) is 10.8. The third kappa shape index (κ3) is 4.88. The van der Waals surface area contributed by atoms with Crippen LogP contribution in [0.2, 0.25) is 0 Å². The van der Waals surface area contributed by atoms with Gasteiger partial charge in [0.1, 0.15) is 28.6 Å². The van der Waals surface area contributed by atoms with Crippen LogP contribution in [0.4, 0.5) is 18.9 Å². The van der Waals surface area contributed by atoms with E-state index in [-0.39, 0.29) is 35.1 Å². The highest BCUT2D eigenvalue weighted by Gasteiger charge is 2.64. The normalized spacial score (nSPS) is 24.7. The van der Waals surface area contributed by atoms with Crippen LogP contribution in [0.1, 0.15) is 17.5 Å². The molecule has 11 nitrogen and oxygen atoms in total. The van der Waals surface area contributed by atoms with Crippen LogP contribution in [0.3, 0.4) is 0 Å². The third-order valence-electron chi connectivity index (χ3n) is 8.79. The minimum absolute atomic E-state index is 0.0448. The maximum absolute atomic E-state index is 14.2. The molecule has 0 spiro atoms. The van der Waals surface area contributed by atoms with Crippen molar-refractivity contribution >= 4 is 28.9 Å². The smallest absolute Gasteiger partial charge is 0.508 e. The largest absolute Gasteiger partial charge is 0.573 e. The number of fused-ring (bicyclic) bond motifs is 3. The number of halogens is 3. The molecule has 0 heterocycles. The quantitative estimate of drug-likeness (QED) is 0.311. The number of Topliss-reactive ketones (excluding diaryl/α,β-unsaturated/α-hetero) is 2. The maximum atomic E-state index is 14.2. The average Bonchev–Trinajstić information content (AvgIpc) is 2.94. The molecule has 2 aromatic rings. The average molecular weight is 632 g/mol. The number of nitrogens with one attached hydrogen (secondary N) is 1. The zero-order valence-corrected chi connectivity index (χ0v) is 25.0. The van der Waals surface area contributed by atoms with E-state index in [0.29, 0.717) is 11.3 Å². The summed E-state index contributed by atoms with van der Waals surface area (Å²) in [6.45, 7) is 0. The van der Waals surface area contributed by atoms with E-state index < -0.39 is 75.9 Å². The molecule has 240 valence electrons. The van der Waals surface area contributed by atoms with Crippen molar-refractivity contribution in [3.8, 4) is 22.6 Å². The van der Waals surface area contributed by atoms with Gasteiger partial charge >= 0.3 is 6.36 Å². The van der Waals surface area contributed by atoms with Gasteiger partial charge in [0.25, 0.3) is 5.91 Å². The summed E-state index contributed by atoms with van der Waals surface area (Å²) in [7, 11) is 7.73. The molecule has 5 rings (SSSR count). The summed E-state index contributed by atoms with van der Waals surface area (Å²) in [5.41, 5.74) is -2.54. The lowest BCUT2D eigenvalue weighted by Gasteiger charge is -2.50. The van der Waals surface area contributed by atoms with Gasteiger partial charge in [-0.15, -0.1) is 13.2 Å². The highest BCUT2D eigenvalue weighted by molar-refractivity contribution is 6.25. The topological polar surface area (TPSA) is 160 Å². The Labute approximate surface area is 255 Å². The zero-order valence-electron chi connectivity index (χ0n) is 25.0. The summed E-state index contributed by atoms with van der Waals surface area (Å²) < 4.78 is 42.0. The molecule has 0 saturated heterocycles. The fourth-order valence-corrected chi connectivity index (χ4v) is 6.85. The molecule has 4 unspecified atom stereocenters. The number of anilines is 1. The van der Waals surface area contributed by atoms with E-state index in [1.807, 2.05) is 0 Å². The molecule has 0 radical (unpaired) electrons. The van der Waals surface area contributed by atoms with Gasteiger partial charge in [-0.2, -0.15) is 0 Å². The fourth-order valence-electron chi connectivity index (χ4n) is 6.85. The number of nitrogens with zero attached hydrogens (tertiary/aromatic N) is 2. The lowest BCUT2D eigenvalue weighted by molar-refractivity contribution is -0.274. The van der Waals surface area contributed by atoms with Crippen LogP contribution in [-0.4, -0.2) is 96.0 Å². The summed E-state index contributed by atoms with van der Waals surface area (Å²) in [5.74, 6) is -7.54. The molecule has 1 fully saturated rings. The lowest BCUT2D eigenvalue weighted by atomic mass is 9.57. The number of alkyl halides is 3. The molecule has 3 aliphatic rings. The van der Waals surface area contributed by atoms with E-state index in [1.54, 1.807) is 39.2 Å². The molecule has 0 bridgehead atoms. The van der Waals surface area contributed by atoms with E-state index in [2.05, 4.69) is 10.1 Å². The standard InChI is InChI=1S/C31H32F3N3O8/c1-35-29(43)22-26(40)23(37(4)5)18-11-14-10-17-19(36(2)3)12-16(13-6-8-15(9-7-13)45-31(32,33)34)24(38)21(17)25(39)20(14)27(41)30(18,44)28(22)42/h6-9,12,14,18,23,38-39,42,44H,10-11H2,1-5H3,(H,35,43). The second-order valence-corrected chi connectivity index (χ2v) is 11.8. The van der Waals surface area contributed by atoms with E-state index in [0.717, 1.165) is 12.1 Å². The predicted octanol–water partition coefficient (Wildman–Crippen LogP) is 2.86. The van der Waals surface area contributed by atoms with Crippen LogP contribution in [-0.2, 0) is 20.8 Å². The van der Waals surface area contributed by atoms with Crippen molar-refractivity contribution in [3.63, 3.8) is 0 Å². The van der Waals surface area contributed by atoms with Crippen LogP contribution >= 0.6 is 0 Å². The van der Waals surface area contributed by atoms with Gasteiger partial charge in [0, 0.05) is 43.9 Å². The van der Waals surface area contributed by atoms with Crippen molar-refractivity contribution in [2.24, 2.45) is 11.8 Å². The molecule has 5 N–H and O–H groups in total. The number of carbonyl (C=O) groups is 3. The van der Waals surface area contributed by atoms with Gasteiger partial charge in [0.2, 0.25) is 5.78 Å². The number of rotatable bonds is 5. The van der Waals surface area contributed by atoms with E-state index in [9.17, 15) is 48.0 Å². The van der Waals surface area contributed by atoms with Crippen LogP contribution in [0.5, 0.6) is 11.5 Å².